The van der Waals surface area contributed by atoms with Crippen molar-refractivity contribution in [1.29, 1.82) is 0 Å². The highest BCUT2D eigenvalue weighted by Crippen LogP contribution is 2.43. The van der Waals surface area contributed by atoms with Crippen molar-refractivity contribution in [2.24, 2.45) is 10.7 Å². The first-order valence-corrected chi connectivity index (χ1v) is 6.07. The van der Waals surface area contributed by atoms with Crippen LogP contribution in [-0.4, -0.2) is 30.3 Å². The van der Waals surface area contributed by atoms with E-state index >= 15 is 0 Å². The van der Waals surface area contributed by atoms with Crippen molar-refractivity contribution in [3.8, 4) is 0 Å². The van der Waals surface area contributed by atoms with E-state index in [1.165, 1.54) is 6.07 Å². The zero-order chi connectivity index (χ0) is 14.3. The summed E-state index contributed by atoms with van der Waals surface area (Å²) in [6.07, 6.45) is -0.0916. The Balaban J connectivity index is 2.17. The van der Waals surface area contributed by atoms with Gasteiger partial charge in [-0.2, -0.15) is 0 Å². The molecule has 0 radical (unpaired) electrons. The molecule has 0 aromatic heterocycles. The molecule has 2 N–H and O–H groups in total. The molecule has 0 amide bonds. The van der Waals surface area contributed by atoms with E-state index in [-0.39, 0.29) is 23.9 Å². The minimum Gasteiger partial charge on any atom is -0.463 e. The van der Waals surface area contributed by atoms with E-state index in [4.69, 9.17) is 15.2 Å². The molecule has 2 atom stereocenters. The van der Waals surface area contributed by atoms with Gasteiger partial charge in [-0.1, -0.05) is 0 Å². The quantitative estimate of drug-likeness (QED) is 0.645. The standard InChI is InChI=1S/C12H12FN3O4/c13-9-2-1-7(16(17)18)5-8(9)12-3-4-19-10(12)6-20-11(14)15-12/h1-2,5,10H,3-4,6H2,(H2,14,15)/t10-,12+/m0/s1. The number of nitro benzene ring substituents is 1. The van der Waals surface area contributed by atoms with Crippen LogP contribution in [0.4, 0.5) is 10.1 Å². The fourth-order valence-electron chi connectivity index (χ4n) is 2.69. The second-order valence-electron chi connectivity index (χ2n) is 4.72. The van der Waals surface area contributed by atoms with Crippen LogP contribution in [0.3, 0.4) is 0 Å². The Kier molecular flexibility index (Phi) is 2.82. The average Bonchev–Trinajstić information content (AvgIpc) is 2.82. The lowest BCUT2D eigenvalue weighted by Gasteiger charge is -2.34. The maximum atomic E-state index is 14.1. The van der Waals surface area contributed by atoms with Crippen molar-refractivity contribution in [2.45, 2.75) is 18.1 Å². The summed E-state index contributed by atoms with van der Waals surface area (Å²) < 4.78 is 24.7. The lowest BCUT2D eigenvalue weighted by Crippen LogP contribution is -2.45. The molecule has 0 spiro atoms. The Morgan fingerprint density at radius 3 is 3.10 bits per heavy atom. The number of nitrogens with two attached hydrogens (primary N) is 1. The third-order valence-corrected chi connectivity index (χ3v) is 3.65. The molecule has 0 saturated carbocycles. The van der Waals surface area contributed by atoms with E-state index in [0.717, 1.165) is 12.1 Å². The smallest absolute Gasteiger partial charge is 0.283 e. The van der Waals surface area contributed by atoms with Crippen LogP contribution < -0.4 is 5.73 Å². The van der Waals surface area contributed by atoms with E-state index in [1.807, 2.05) is 0 Å². The van der Waals surface area contributed by atoms with E-state index in [9.17, 15) is 14.5 Å². The van der Waals surface area contributed by atoms with Gasteiger partial charge in [-0.15, -0.1) is 0 Å². The molecule has 1 aromatic carbocycles. The lowest BCUT2D eigenvalue weighted by atomic mass is 9.83. The molecule has 7 nitrogen and oxygen atoms in total. The summed E-state index contributed by atoms with van der Waals surface area (Å²) in [7, 11) is 0. The zero-order valence-electron chi connectivity index (χ0n) is 10.4. The van der Waals surface area contributed by atoms with Crippen molar-refractivity contribution in [3.05, 3.63) is 39.7 Å². The number of nitrogens with zero attached hydrogens (tertiary/aromatic N) is 2. The third kappa shape index (κ3) is 1.80. The largest absolute Gasteiger partial charge is 0.463 e. The average molecular weight is 281 g/mol. The molecule has 2 aliphatic rings. The number of benzene rings is 1. The van der Waals surface area contributed by atoms with Crippen LogP contribution in [0.2, 0.25) is 0 Å². The van der Waals surface area contributed by atoms with Gasteiger partial charge in [0.1, 0.15) is 24.1 Å². The van der Waals surface area contributed by atoms with E-state index < -0.39 is 22.4 Å². The van der Waals surface area contributed by atoms with Crippen LogP contribution in [-0.2, 0) is 15.0 Å². The predicted octanol–water partition coefficient (Wildman–Crippen LogP) is 1.06. The molecule has 0 bridgehead atoms. The molecule has 3 rings (SSSR count). The third-order valence-electron chi connectivity index (χ3n) is 3.65. The number of ether oxygens (including phenoxy) is 2. The van der Waals surface area contributed by atoms with E-state index in [1.54, 1.807) is 0 Å². The van der Waals surface area contributed by atoms with Crippen molar-refractivity contribution < 1.29 is 18.8 Å². The van der Waals surface area contributed by atoms with Gasteiger partial charge in [0.25, 0.3) is 11.7 Å². The molecule has 0 aliphatic carbocycles. The molecule has 1 fully saturated rings. The summed E-state index contributed by atoms with van der Waals surface area (Å²) >= 11 is 0. The molecule has 8 heteroatoms. The molecule has 1 aromatic rings. The van der Waals surface area contributed by atoms with Gasteiger partial charge < -0.3 is 15.2 Å². The highest BCUT2D eigenvalue weighted by Gasteiger charge is 2.50. The predicted molar refractivity (Wildman–Crippen MR) is 66.7 cm³/mol. The molecule has 0 unspecified atom stereocenters. The summed E-state index contributed by atoms with van der Waals surface area (Å²) in [5, 5.41) is 10.9. The van der Waals surface area contributed by atoms with E-state index in [0.29, 0.717) is 13.0 Å². The first-order valence-electron chi connectivity index (χ1n) is 6.07. The van der Waals surface area contributed by atoms with Crippen LogP contribution in [0.1, 0.15) is 12.0 Å². The highest BCUT2D eigenvalue weighted by atomic mass is 19.1. The molecule has 106 valence electrons. The van der Waals surface area contributed by atoms with Crippen LogP contribution in [0, 0.1) is 15.9 Å². The maximum Gasteiger partial charge on any atom is 0.283 e. The molecular weight excluding hydrogens is 269 g/mol. The van der Waals surface area contributed by atoms with Crippen LogP contribution in [0.15, 0.2) is 23.2 Å². The number of hydrogen-bond donors (Lipinski definition) is 1. The van der Waals surface area contributed by atoms with Crippen molar-refractivity contribution in [3.63, 3.8) is 0 Å². The van der Waals surface area contributed by atoms with Gasteiger partial charge in [0.15, 0.2) is 0 Å². The molecule has 20 heavy (non-hydrogen) atoms. The van der Waals surface area contributed by atoms with Crippen molar-refractivity contribution in [2.75, 3.05) is 13.2 Å². The molecule has 2 aliphatic heterocycles. The number of amidine groups is 1. The van der Waals surface area contributed by atoms with Crippen molar-refractivity contribution in [1.82, 2.24) is 0 Å². The highest BCUT2D eigenvalue weighted by molar-refractivity contribution is 5.73. The van der Waals surface area contributed by atoms with Crippen LogP contribution in [0.5, 0.6) is 0 Å². The molecular formula is C12H12FN3O4. The summed E-state index contributed by atoms with van der Waals surface area (Å²) in [5.41, 5.74) is 4.47. The van der Waals surface area contributed by atoms with Crippen LogP contribution in [0.25, 0.3) is 0 Å². The fraction of sp³-hybridized carbons (Fsp3) is 0.417. The zero-order valence-corrected chi connectivity index (χ0v) is 10.4. The Hall–Kier alpha value is -2.22. The van der Waals surface area contributed by atoms with Gasteiger partial charge in [0.05, 0.1) is 11.5 Å². The second kappa shape index (κ2) is 4.41. The second-order valence-corrected chi connectivity index (χ2v) is 4.72. The van der Waals surface area contributed by atoms with Gasteiger partial charge in [-0.3, -0.25) is 10.1 Å². The Labute approximate surface area is 113 Å². The fourth-order valence-corrected chi connectivity index (χ4v) is 2.69. The minimum absolute atomic E-state index is 0.0577. The maximum absolute atomic E-state index is 14.1. The number of non-ortho nitro benzene ring substituents is 1. The summed E-state index contributed by atoms with van der Waals surface area (Å²) in [5.74, 6) is -0.565. The van der Waals surface area contributed by atoms with Gasteiger partial charge in [0.2, 0.25) is 0 Å². The first kappa shape index (κ1) is 12.8. The van der Waals surface area contributed by atoms with Crippen LogP contribution >= 0.6 is 0 Å². The molecule has 1 saturated heterocycles. The van der Waals surface area contributed by atoms with E-state index in [2.05, 4.69) is 4.99 Å². The minimum atomic E-state index is -1.04. The number of aliphatic imine (C=N–C) groups is 1. The lowest BCUT2D eigenvalue weighted by molar-refractivity contribution is -0.385. The molecule has 2 heterocycles. The normalized spacial score (nSPS) is 28.4. The van der Waals surface area contributed by atoms with Crippen molar-refractivity contribution >= 4 is 11.7 Å². The first-order chi connectivity index (χ1) is 9.53. The Bertz CT molecular complexity index is 606. The summed E-state index contributed by atoms with van der Waals surface area (Å²) in [6, 6.07) is 3.32. The summed E-state index contributed by atoms with van der Waals surface area (Å²) in [4.78, 5) is 14.5. The number of nitro groups is 1. The Morgan fingerprint density at radius 2 is 2.35 bits per heavy atom. The Morgan fingerprint density at radius 1 is 1.55 bits per heavy atom. The topological polar surface area (TPSA) is 100.0 Å². The number of rotatable bonds is 2. The SMILES string of the molecule is NC1=N[C@@]2(c3cc([N+](=O)[O-])ccc3F)CCO[C@H]2CO1. The van der Waals surface area contributed by atoms with Gasteiger partial charge >= 0.3 is 0 Å². The number of fused-ring (bicyclic) bond motifs is 1. The summed E-state index contributed by atoms with van der Waals surface area (Å²) in [6.45, 7) is 0.518. The monoisotopic (exact) mass is 281 g/mol. The number of halogens is 1. The van der Waals surface area contributed by atoms with Gasteiger partial charge in [0, 0.05) is 24.1 Å². The van der Waals surface area contributed by atoms with Gasteiger partial charge in [-0.05, 0) is 6.07 Å². The van der Waals surface area contributed by atoms with Gasteiger partial charge in [-0.25, -0.2) is 9.38 Å². The number of hydrogen-bond acceptors (Lipinski definition) is 6.